The molecule has 2 aromatic rings. The fraction of sp³-hybridized carbons (Fsp3) is 0.471. The first-order valence-electron chi connectivity index (χ1n) is 11.5. The van der Waals surface area contributed by atoms with E-state index >= 15 is 0 Å². The molecule has 1 aliphatic rings. The Morgan fingerprint density at radius 3 is 2.58 bits per heavy atom. The molecule has 2 heterocycles. The summed E-state index contributed by atoms with van der Waals surface area (Å²) < 4.78 is 152. The van der Waals surface area contributed by atoms with Gasteiger partial charge in [0.05, 0.1) is 17.2 Å². The van der Waals surface area contributed by atoms with Gasteiger partial charge in [0, 0.05) is 23.7 Å². The lowest BCUT2D eigenvalue weighted by atomic mass is 9.91. The van der Waals surface area contributed by atoms with E-state index < -0.39 is 77.8 Å². The highest BCUT2D eigenvalue weighted by molar-refractivity contribution is 5.86. The summed E-state index contributed by atoms with van der Waals surface area (Å²) in [5, 5.41) is 11.6. The van der Waals surface area contributed by atoms with Crippen LogP contribution in [0.3, 0.4) is 0 Å². The average Bonchev–Trinajstić information content (AvgIpc) is 2.68. The van der Waals surface area contributed by atoms with Crippen molar-refractivity contribution in [2.75, 3.05) is 6.50 Å². The number of rotatable bonds is 2. The summed E-state index contributed by atoms with van der Waals surface area (Å²) >= 11 is 0. The van der Waals surface area contributed by atoms with Gasteiger partial charge in [-0.3, -0.25) is 0 Å². The molecule has 1 aromatic heterocycles. The fourth-order valence-corrected chi connectivity index (χ4v) is 2.43. The number of halogens is 6. The first kappa shape index (κ1) is 10.5. The van der Waals surface area contributed by atoms with Crippen molar-refractivity contribution in [3.63, 3.8) is 0 Å². The van der Waals surface area contributed by atoms with Crippen LogP contribution < -0.4 is 5.32 Å². The summed E-state index contributed by atoms with van der Waals surface area (Å²) in [5.41, 5.74) is -6.02. The zero-order chi connectivity index (χ0) is 27.2. The molecule has 26 heavy (non-hydrogen) atoms. The van der Waals surface area contributed by atoms with Crippen molar-refractivity contribution >= 4 is 10.9 Å². The smallest absolute Gasteiger partial charge is 0.387 e. The Kier molecular flexibility index (Phi) is 2.69. The van der Waals surface area contributed by atoms with Crippen LogP contribution in [0.4, 0.5) is 26.3 Å². The van der Waals surface area contributed by atoms with Crippen LogP contribution in [-0.2, 0) is 12.4 Å². The molecule has 2 N–H and O–H groups in total. The van der Waals surface area contributed by atoms with Gasteiger partial charge in [0.2, 0.25) is 0 Å². The van der Waals surface area contributed by atoms with Crippen molar-refractivity contribution in [3.05, 3.63) is 41.1 Å². The van der Waals surface area contributed by atoms with E-state index in [4.69, 9.17) is 12.3 Å². The number of alkyl halides is 6. The SMILES string of the molecule is [2H]C1([2H])N[C@]([2H])([C@H](O)c2cc(C(F)(F)F)nc3c(C(F)(F)F)cccc23)C([2H])([2H])C([2H])([2H])C1([2H])[2H]. The monoisotopic (exact) mass is 387 g/mol. The van der Waals surface area contributed by atoms with Crippen molar-refractivity contribution in [3.8, 4) is 0 Å². The van der Waals surface area contributed by atoms with Crippen LogP contribution in [-0.4, -0.2) is 22.6 Å². The summed E-state index contributed by atoms with van der Waals surface area (Å²) in [4.78, 5) is 3.00. The topological polar surface area (TPSA) is 45.1 Å². The van der Waals surface area contributed by atoms with Gasteiger partial charge in [-0.15, -0.1) is 0 Å². The van der Waals surface area contributed by atoms with Gasteiger partial charge in [0.15, 0.2) is 0 Å². The number of benzene rings is 1. The quantitative estimate of drug-likeness (QED) is 0.749. The van der Waals surface area contributed by atoms with Crippen LogP contribution in [0.5, 0.6) is 0 Å². The van der Waals surface area contributed by atoms with Crippen molar-refractivity contribution in [1.29, 1.82) is 0 Å². The Labute approximate surface area is 157 Å². The predicted octanol–water partition coefficient (Wildman–Crippen LogP) is 4.45. The molecule has 0 spiro atoms. The summed E-state index contributed by atoms with van der Waals surface area (Å²) in [6.07, 6.45) is -24.9. The van der Waals surface area contributed by atoms with E-state index in [0.717, 1.165) is 12.1 Å². The zero-order valence-electron chi connectivity index (χ0n) is 21.5. The minimum atomic E-state index is -5.36. The van der Waals surface area contributed by atoms with Crippen molar-refractivity contribution in [2.24, 2.45) is 0 Å². The normalized spacial score (nSPS) is 36.0. The lowest BCUT2D eigenvalue weighted by molar-refractivity contribution is -0.142. The molecule has 0 saturated carbocycles. The first-order valence-corrected chi connectivity index (χ1v) is 6.99. The second-order valence-corrected chi connectivity index (χ2v) is 5.24. The van der Waals surface area contributed by atoms with Crippen LogP contribution in [0.2, 0.25) is 0 Å². The standard InChI is InChI=1S/C17H16F6N2O/c18-16(19,20)11-5-3-4-9-10(15(26)12-6-1-2-7-24-12)8-13(17(21,22)23)25-14(9)11/h3-5,8,12,15,24,26H,1-2,6-7H2/t12-,15+/m0/s1/i1D2,2D2,6D2,7D2,12D. The molecule has 0 amide bonds. The van der Waals surface area contributed by atoms with Gasteiger partial charge in [0.1, 0.15) is 5.69 Å². The number of fused-ring (bicyclic) bond motifs is 1. The molecule has 9 heteroatoms. The third-order valence-corrected chi connectivity index (χ3v) is 3.55. The highest BCUT2D eigenvalue weighted by atomic mass is 19.4. The van der Waals surface area contributed by atoms with Gasteiger partial charge in [-0.2, -0.15) is 26.3 Å². The number of hydrogen-bond donors (Lipinski definition) is 2. The van der Waals surface area contributed by atoms with E-state index in [9.17, 15) is 31.4 Å². The Bertz CT molecular complexity index is 1170. The maximum Gasteiger partial charge on any atom is 0.433 e. The Hall–Kier alpha value is -1.87. The second-order valence-electron chi connectivity index (χ2n) is 5.24. The van der Waals surface area contributed by atoms with E-state index in [1.807, 2.05) is 0 Å². The summed E-state index contributed by atoms with van der Waals surface area (Å²) in [6.45, 7) is -3.56. The van der Waals surface area contributed by atoms with Gasteiger partial charge in [0.25, 0.3) is 0 Å². The van der Waals surface area contributed by atoms with Gasteiger partial charge in [-0.05, 0) is 36.9 Å². The van der Waals surface area contributed by atoms with Gasteiger partial charge in [-0.1, -0.05) is 18.5 Å². The second kappa shape index (κ2) is 6.70. The number of aromatic nitrogens is 1. The largest absolute Gasteiger partial charge is 0.433 e. The van der Waals surface area contributed by atoms with Crippen LogP contribution >= 0.6 is 0 Å². The molecule has 2 atom stereocenters. The van der Waals surface area contributed by atoms with Crippen LogP contribution in [0, 0.1) is 0 Å². The lowest BCUT2D eigenvalue weighted by Gasteiger charge is -2.29. The number of para-hydroxylation sites is 1. The number of hydrogen-bond acceptors (Lipinski definition) is 3. The molecule has 3 nitrogen and oxygen atoms in total. The molecule has 1 saturated heterocycles. The minimum Gasteiger partial charge on any atom is -0.387 e. The van der Waals surface area contributed by atoms with E-state index in [2.05, 4.69) is 4.98 Å². The highest BCUT2D eigenvalue weighted by Gasteiger charge is 2.38. The average molecular weight is 387 g/mol. The van der Waals surface area contributed by atoms with Crippen LogP contribution in [0.25, 0.3) is 10.9 Å². The zero-order valence-corrected chi connectivity index (χ0v) is 12.5. The molecule has 0 aliphatic carbocycles. The molecule has 1 aromatic carbocycles. The third-order valence-electron chi connectivity index (χ3n) is 3.55. The molecular formula is C17H16F6N2O. The number of aliphatic hydroxyl groups excluding tert-OH is 1. The molecule has 0 radical (unpaired) electrons. The van der Waals surface area contributed by atoms with E-state index in [-0.39, 0.29) is 6.07 Å². The molecule has 1 fully saturated rings. The van der Waals surface area contributed by atoms with Gasteiger partial charge in [-0.25, -0.2) is 4.98 Å². The Morgan fingerprint density at radius 1 is 1.19 bits per heavy atom. The lowest BCUT2D eigenvalue weighted by Crippen LogP contribution is -2.39. The third kappa shape index (κ3) is 3.64. The van der Waals surface area contributed by atoms with Crippen molar-refractivity contribution < 1.29 is 43.8 Å². The molecule has 1 aliphatic heterocycles. The van der Waals surface area contributed by atoms with E-state index in [1.54, 1.807) is 0 Å². The molecular weight excluding hydrogens is 362 g/mol. The first-order chi connectivity index (χ1) is 15.4. The van der Waals surface area contributed by atoms with Gasteiger partial charge < -0.3 is 10.4 Å². The number of nitrogens with one attached hydrogen (secondary N) is 1. The van der Waals surface area contributed by atoms with Crippen LogP contribution in [0.15, 0.2) is 24.3 Å². The highest BCUT2D eigenvalue weighted by Crippen LogP contribution is 2.39. The Morgan fingerprint density at radius 2 is 1.92 bits per heavy atom. The van der Waals surface area contributed by atoms with Crippen LogP contribution in [0.1, 0.15) is 54.4 Å². The maximum absolute atomic E-state index is 13.5. The number of pyridine rings is 1. The molecule has 0 bridgehead atoms. The number of piperidine rings is 1. The summed E-state index contributed by atoms with van der Waals surface area (Å²) in [7, 11) is 0. The number of aliphatic hydroxyl groups is 1. The fourth-order valence-electron chi connectivity index (χ4n) is 2.43. The number of nitrogens with zero attached hydrogens (tertiary/aromatic N) is 1. The molecule has 142 valence electrons. The minimum absolute atomic E-state index is 0.0512. The summed E-state index contributed by atoms with van der Waals surface area (Å²) in [5.74, 6) is 0. The Balaban J connectivity index is 2.39. The van der Waals surface area contributed by atoms with Gasteiger partial charge >= 0.3 is 12.4 Å². The molecule has 0 unspecified atom stereocenters. The van der Waals surface area contributed by atoms with Crippen molar-refractivity contribution in [1.82, 2.24) is 10.3 Å². The maximum atomic E-state index is 13.5. The molecule has 3 rings (SSSR count). The van der Waals surface area contributed by atoms with Crippen molar-refractivity contribution in [2.45, 2.75) is 43.6 Å². The summed E-state index contributed by atoms with van der Waals surface area (Å²) in [6, 6.07) is -1.60. The predicted molar refractivity (Wildman–Crippen MR) is 82.3 cm³/mol. The van der Waals surface area contributed by atoms with E-state index in [0.29, 0.717) is 6.07 Å². The van der Waals surface area contributed by atoms with E-state index in [1.165, 1.54) is 5.32 Å².